The van der Waals surface area contributed by atoms with Crippen molar-refractivity contribution in [2.24, 2.45) is 0 Å². The van der Waals surface area contributed by atoms with Gasteiger partial charge in [-0.05, 0) is 166 Å². The maximum absolute atomic E-state index is 10.2. The third-order valence-corrected chi connectivity index (χ3v) is 16.4. The topological polar surface area (TPSA) is 153 Å². The highest BCUT2D eigenvalue weighted by molar-refractivity contribution is 6.15. The molecule has 13 heteroatoms. The van der Waals surface area contributed by atoms with E-state index in [9.17, 15) is 21.0 Å². The first-order valence-electron chi connectivity index (χ1n) is 28.6. The van der Waals surface area contributed by atoms with Crippen LogP contribution in [0, 0.1) is 78.2 Å². The molecular weight excluding hydrogens is 1130 g/mol. The van der Waals surface area contributed by atoms with Crippen molar-refractivity contribution in [3.63, 3.8) is 0 Å². The van der Waals surface area contributed by atoms with Crippen LogP contribution >= 0.6 is 0 Å². The molecule has 0 saturated heterocycles. The first-order valence-corrected chi connectivity index (χ1v) is 28.6. The molecule has 14 aromatic rings. The minimum absolute atomic E-state index is 0.239. The molecule has 0 aliphatic rings. The van der Waals surface area contributed by atoms with E-state index in [1.165, 1.54) is 0 Å². The van der Waals surface area contributed by atoms with Crippen LogP contribution in [0.2, 0.25) is 0 Å². The summed E-state index contributed by atoms with van der Waals surface area (Å²) in [5, 5.41) is 43.7. The smallest absolute Gasteiger partial charge is 0.200 e. The number of fused-ring (bicyclic) bond motifs is 6. The molecule has 0 bridgehead atoms. The zero-order chi connectivity index (χ0) is 63.1. The molecule has 3 heterocycles. The van der Waals surface area contributed by atoms with Crippen LogP contribution in [0.5, 0.6) is 0 Å². The van der Waals surface area contributed by atoms with Crippen molar-refractivity contribution in [1.29, 1.82) is 21.0 Å². The first kappa shape index (κ1) is 55.4. The number of benzene rings is 11. The van der Waals surface area contributed by atoms with Gasteiger partial charge in [-0.2, -0.15) is 21.0 Å². The van der Waals surface area contributed by atoms with Crippen LogP contribution in [0.4, 0.5) is 28.4 Å². The molecule has 11 aromatic carbocycles. The van der Waals surface area contributed by atoms with E-state index >= 15 is 0 Å². The lowest BCUT2D eigenvalue weighted by molar-refractivity contribution is 1.09. The Bertz CT molecular complexity index is 5490. The van der Waals surface area contributed by atoms with Gasteiger partial charge in [0.2, 0.25) is 0 Å². The Morgan fingerprint density at radius 1 is 0.293 bits per heavy atom. The standard InChI is InChI=1S/C79H37N13/c1-84-61-29-49(45-82)27-58(31-61)54-17-21-74-66(36-54)65-35-53(57-25-47(43-80)24-48(26-57)44-81)16-20-73(65)91(74)77-40-69(79-89-70(51-12-8-6-9-13-51)41-71(90-79)52-14-10-7-11-15-52)72(88-5)42-78(77)92-75-22-18-55(59-28-50(46-83)30-62(32-59)85-2)37-67(75)68-38-56(19-23-76(68)92)60-33-63(86-3)39-64(34-60)87-4/h6-42H. The van der Waals surface area contributed by atoms with Crippen molar-refractivity contribution in [3.05, 3.63) is 304 Å². The molecule has 0 unspecified atom stereocenters. The van der Waals surface area contributed by atoms with E-state index in [2.05, 4.69) is 57.6 Å². The highest BCUT2D eigenvalue weighted by Gasteiger charge is 2.26. The second kappa shape index (κ2) is 22.7. The summed E-state index contributed by atoms with van der Waals surface area (Å²) in [5.41, 5.74) is 15.8. The summed E-state index contributed by atoms with van der Waals surface area (Å²) in [4.78, 5) is 29.7. The lowest BCUT2D eigenvalue weighted by atomic mass is 9.97. The van der Waals surface area contributed by atoms with Gasteiger partial charge in [-0.3, -0.25) is 0 Å². The molecule has 3 aromatic heterocycles. The molecule has 0 aliphatic carbocycles. The van der Waals surface area contributed by atoms with Gasteiger partial charge in [0.25, 0.3) is 0 Å². The number of nitriles is 4. The van der Waals surface area contributed by atoms with Gasteiger partial charge in [-0.1, -0.05) is 103 Å². The highest BCUT2D eigenvalue weighted by atomic mass is 15.1. The minimum atomic E-state index is 0.239. The van der Waals surface area contributed by atoms with Gasteiger partial charge in [0.15, 0.2) is 28.4 Å². The third-order valence-electron chi connectivity index (χ3n) is 16.4. The monoisotopic (exact) mass is 1170 g/mol. The summed E-state index contributed by atoms with van der Waals surface area (Å²) >= 11 is 0. The van der Waals surface area contributed by atoms with E-state index in [1.54, 1.807) is 72.8 Å². The van der Waals surface area contributed by atoms with Crippen molar-refractivity contribution < 1.29 is 0 Å². The molecule has 0 aliphatic heterocycles. The number of nitrogens with zero attached hydrogens (tertiary/aromatic N) is 13. The Kier molecular flexibility index (Phi) is 13.7. The number of hydrogen-bond acceptors (Lipinski definition) is 6. The summed E-state index contributed by atoms with van der Waals surface area (Å²) in [6.07, 6.45) is 0. The summed E-state index contributed by atoms with van der Waals surface area (Å²) < 4.78 is 4.27. The fraction of sp³-hybridized carbons (Fsp3) is 0. The predicted octanol–water partition coefficient (Wildman–Crippen LogP) is 20.6. The summed E-state index contributed by atoms with van der Waals surface area (Å²) in [7, 11) is 0. The molecule has 92 heavy (non-hydrogen) atoms. The fourth-order valence-corrected chi connectivity index (χ4v) is 12.2. The lowest BCUT2D eigenvalue weighted by Crippen LogP contribution is -2.05. The molecule has 0 amide bonds. The van der Waals surface area contributed by atoms with E-state index in [0.29, 0.717) is 101 Å². The molecule has 0 radical (unpaired) electrons. The van der Waals surface area contributed by atoms with E-state index in [1.807, 2.05) is 152 Å². The van der Waals surface area contributed by atoms with Gasteiger partial charge < -0.3 is 9.13 Å². The second-order valence-electron chi connectivity index (χ2n) is 21.7. The molecule has 418 valence electrons. The second-order valence-corrected chi connectivity index (χ2v) is 21.7. The van der Waals surface area contributed by atoms with E-state index in [0.717, 1.165) is 77.0 Å². The summed E-state index contributed by atoms with van der Waals surface area (Å²) in [5.74, 6) is 0.295. The van der Waals surface area contributed by atoms with Crippen LogP contribution in [0.15, 0.2) is 224 Å². The van der Waals surface area contributed by atoms with Crippen LogP contribution in [0.1, 0.15) is 22.3 Å². The Hall–Kier alpha value is -14.5. The molecular formula is C79H37N13. The fourth-order valence-electron chi connectivity index (χ4n) is 12.2. The third kappa shape index (κ3) is 9.74. The van der Waals surface area contributed by atoms with Crippen LogP contribution in [-0.4, -0.2) is 19.1 Å². The van der Waals surface area contributed by atoms with Crippen LogP contribution < -0.4 is 0 Å². The maximum atomic E-state index is 10.2. The zero-order valence-electron chi connectivity index (χ0n) is 48.2. The number of rotatable bonds is 9. The van der Waals surface area contributed by atoms with Crippen molar-refractivity contribution >= 4 is 72.0 Å². The molecule has 13 nitrogen and oxygen atoms in total. The zero-order valence-corrected chi connectivity index (χ0v) is 48.2. The van der Waals surface area contributed by atoms with Gasteiger partial charge in [0.05, 0.1) is 113 Å². The summed E-state index contributed by atoms with van der Waals surface area (Å²) in [6.45, 7) is 40.8. The molecule has 0 N–H and O–H groups in total. The molecule has 0 saturated carbocycles. The van der Waals surface area contributed by atoms with E-state index in [4.69, 9.17) is 42.8 Å². The van der Waals surface area contributed by atoms with Crippen LogP contribution in [-0.2, 0) is 0 Å². The normalized spacial score (nSPS) is 10.7. The Morgan fingerprint density at radius 2 is 0.630 bits per heavy atom. The lowest BCUT2D eigenvalue weighted by Gasteiger charge is -2.20. The maximum Gasteiger partial charge on any atom is 0.200 e. The van der Waals surface area contributed by atoms with Gasteiger partial charge >= 0.3 is 0 Å². The van der Waals surface area contributed by atoms with Gasteiger partial charge in [0, 0.05) is 49.4 Å². The SMILES string of the molecule is [C-]#[N+]c1cc(C#N)cc(-c2ccc3c(c2)c2cc(-c4cc([N+]#[C-])cc([N+]#[C-])c4)ccc2n3-c2cc([N+]#[C-])c(-c3nc(-c4ccccc4)cc(-c4ccccc4)n3)cc2-n2c3ccc(-c4cc(C#N)cc(C#N)c4)cc3c3cc(-c4cc(C#N)cc([N+]#[C-])c4)ccc32)c1. The number of aromatic nitrogens is 4. The largest absolute Gasteiger partial charge is 0.308 e. The Balaban J connectivity index is 1.13. The minimum Gasteiger partial charge on any atom is -0.308 e. The first-order chi connectivity index (χ1) is 45.1. The van der Waals surface area contributed by atoms with Gasteiger partial charge in [-0.25, -0.2) is 34.2 Å². The summed E-state index contributed by atoms with van der Waals surface area (Å²) in [6, 6.07) is 78.4. The van der Waals surface area contributed by atoms with Crippen molar-refractivity contribution in [3.8, 4) is 114 Å². The quantitative estimate of drug-likeness (QED) is 0.131. The molecule has 0 atom stereocenters. The van der Waals surface area contributed by atoms with E-state index < -0.39 is 0 Å². The molecule has 0 fully saturated rings. The highest BCUT2D eigenvalue weighted by Crippen LogP contribution is 2.47. The average Bonchev–Trinajstić information content (AvgIpc) is 1.55. The average molecular weight is 1170 g/mol. The molecule has 14 rings (SSSR count). The van der Waals surface area contributed by atoms with Crippen LogP contribution in [0.25, 0.3) is 158 Å². The van der Waals surface area contributed by atoms with Gasteiger partial charge in [0.1, 0.15) is 5.82 Å². The van der Waals surface area contributed by atoms with Gasteiger partial charge in [-0.15, -0.1) is 0 Å². The van der Waals surface area contributed by atoms with Crippen molar-refractivity contribution in [2.45, 2.75) is 0 Å². The number of hydrogen-bond donors (Lipinski definition) is 0. The predicted molar refractivity (Wildman–Crippen MR) is 359 cm³/mol. The molecule has 0 spiro atoms. The Morgan fingerprint density at radius 3 is 0.989 bits per heavy atom. The van der Waals surface area contributed by atoms with Crippen molar-refractivity contribution in [2.75, 3.05) is 0 Å². The van der Waals surface area contributed by atoms with Crippen molar-refractivity contribution in [1.82, 2.24) is 19.1 Å². The van der Waals surface area contributed by atoms with Crippen LogP contribution in [0.3, 0.4) is 0 Å². The Labute approximate surface area is 527 Å². The van der Waals surface area contributed by atoms with E-state index in [-0.39, 0.29) is 5.69 Å².